The zero-order valence-electron chi connectivity index (χ0n) is 20.3. The number of imide groups is 1. The van der Waals surface area contributed by atoms with Crippen LogP contribution < -0.4 is 24.6 Å². The number of methoxy groups -OCH3 is 2. The zero-order valence-corrected chi connectivity index (χ0v) is 20.3. The van der Waals surface area contributed by atoms with Gasteiger partial charge in [0, 0.05) is 11.8 Å². The monoisotopic (exact) mass is 495 g/mol. The molecule has 1 N–H and O–H groups in total. The molecule has 6 rings (SSSR count). The normalized spacial score (nSPS) is 23.4. The van der Waals surface area contributed by atoms with Gasteiger partial charge >= 0.3 is 0 Å². The van der Waals surface area contributed by atoms with E-state index in [1.165, 1.54) is 19.1 Å². The Kier molecular flexibility index (Phi) is 5.44. The molecule has 8 nitrogen and oxygen atoms in total. The molecule has 3 aromatic carbocycles. The van der Waals surface area contributed by atoms with E-state index in [4.69, 9.17) is 9.47 Å². The van der Waals surface area contributed by atoms with E-state index in [9.17, 15) is 14.4 Å². The average molecular weight is 496 g/mol. The quantitative estimate of drug-likeness (QED) is 0.543. The summed E-state index contributed by atoms with van der Waals surface area (Å²) in [4.78, 5) is 44.8. The Morgan fingerprint density at radius 3 is 2.35 bits per heavy atom. The second-order valence-corrected chi connectivity index (χ2v) is 9.22. The molecule has 8 heteroatoms. The lowest BCUT2D eigenvalue weighted by molar-refractivity contribution is -0.126. The summed E-state index contributed by atoms with van der Waals surface area (Å²) in [6, 6.07) is 20.3. The fourth-order valence-electron chi connectivity index (χ4n) is 5.76. The van der Waals surface area contributed by atoms with Gasteiger partial charge in [0.1, 0.15) is 17.5 Å². The summed E-state index contributed by atoms with van der Waals surface area (Å²) in [5.41, 5.74) is 2.67. The molecule has 186 valence electrons. The third kappa shape index (κ3) is 3.48. The number of benzene rings is 3. The Morgan fingerprint density at radius 2 is 1.59 bits per heavy atom. The summed E-state index contributed by atoms with van der Waals surface area (Å²) >= 11 is 0. The van der Waals surface area contributed by atoms with E-state index in [1.807, 2.05) is 47.4 Å². The van der Waals surface area contributed by atoms with Gasteiger partial charge in [0.25, 0.3) is 0 Å². The molecule has 4 unspecified atom stereocenters. The Morgan fingerprint density at radius 1 is 0.865 bits per heavy atom. The van der Waals surface area contributed by atoms with Crippen molar-refractivity contribution in [3.05, 3.63) is 84.4 Å². The van der Waals surface area contributed by atoms with Crippen molar-refractivity contribution in [2.24, 2.45) is 11.8 Å². The maximum absolute atomic E-state index is 14.0. The highest BCUT2D eigenvalue weighted by Gasteiger charge is 2.64. The summed E-state index contributed by atoms with van der Waals surface area (Å²) in [5.74, 6) is -1.62. The molecule has 3 heterocycles. The van der Waals surface area contributed by atoms with E-state index >= 15 is 0 Å². The van der Waals surface area contributed by atoms with E-state index in [-0.39, 0.29) is 11.8 Å². The minimum atomic E-state index is -0.915. The van der Waals surface area contributed by atoms with Gasteiger partial charge < -0.3 is 19.7 Å². The summed E-state index contributed by atoms with van der Waals surface area (Å²) in [5, 5.41) is 2.95. The second kappa shape index (κ2) is 8.81. The molecule has 37 heavy (non-hydrogen) atoms. The van der Waals surface area contributed by atoms with Crippen LogP contribution in [0.3, 0.4) is 0 Å². The Bertz CT molecular complexity index is 1440. The van der Waals surface area contributed by atoms with Crippen molar-refractivity contribution in [1.82, 2.24) is 0 Å². The maximum Gasteiger partial charge on any atom is 0.248 e. The number of nitrogens with one attached hydrogen (secondary N) is 1. The lowest BCUT2D eigenvalue weighted by Gasteiger charge is -2.36. The summed E-state index contributed by atoms with van der Waals surface area (Å²) in [6.07, 6.45) is 3.89. The van der Waals surface area contributed by atoms with Crippen LogP contribution in [0.4, 0.5) is 17.1 Å². The minimum Gasteiger partial charge on any atom is -0.497 e. The smallest absolute Gasteiger partial charge is 0.248 e. The van der Waals surface area contributed by atoms with Crippen LogP contribution >= 0.6 is 0 Å². The first-order chi connectivity index (χ1) is 18.0. The number of fused-ring (bicyclic) bond motifs is 5. The number of nitrogens with zero attached hydrogens (tertiary/aromatic N) is 2. The fraction of sp³-hybridized carbons (Fsp3) is 0.207. The number of rotatable bonds is 5. The molecule has 4 atom stereocenters. The van der Waals surface area contributed by atoms with Crippen molar-refractivity contribution in [2.75, 3.05) is 29.3 Å². The van der Waals surface area contributed by atoms with Crippen LogP contribution in [-0.2, 0) is 14.4 Å². The number of ether oxygens (including phenoxy) is 2. The van der Waals surface area contributed by atoms with Gasteiger partial charge in [-0.15, -0.1) is 0 Å². The van der Waals surface area contributed by atoms with Gasteiger partial charge in [0.2, 0.25) is 17.7 Å². The van der Waals surface area contributed by atoms with E-state index < -0.39 is 29.8 Å². The van der Waals surface area contributed by atoms with Crippen LogP contribution in [0, 0.1) is 11.8 Å². The SMILES string of the molecule is COc1ccc(OC)c(NC(=O)C2C3C(=O)N(c4ccccc4)C(=O)C3C3C=Cc4ccccc4N32)c1. The molecule has 0 bridgehead atoms. The molecule has 0 saturated carbocycles. The molecule has 0 aromatic heterocycles. The summed E-state index contributed by atoms with van der Waals surface area (Å²) < 4.78 is 10.8. The average Bonchev–Trinajstić information content (AvgIpc) is 3.41. The van der Waals surface area contributed by atoms with E-state index in [1.54, 1.807) is 42.5 Å². The van der Waals surface area contributed by atoms with Gasteiger partial charge in [0.15, 0.2) is 0 Å². The van der Waals surface area contributed by atoms with Gasteiger partial charge in [-0.25, -0.2) is 4.90 Å². The van der Waals surface area contributed by atoms with Crippen molar-refractivity contribution in [3.63, 3.8) is 0 Å². The maximum atomic E-state index is 14.0. The minimum absolute atomic E-state index is 0.297. The van der Waals surface area contributed by atoms with Crippen LogP contribution in [0.5, 0.6) is 11.5 Å². The lowest BCUT2D eigenvalue weighted by atomic mass is 9.88. The Labute approximate surface area is 214 Å². The van der Waals surface area contributed by atoms with Crippen molar-refractivity contribution >= 4 is 40.9 Å². The van der Waals surface area contributed by atoms with Crippen LogP contribution in [0.2, 0.25) is 0 Å². The number of amides is 3. The first-order valence-electron chi connectivity index (χ1n) is 12.0. The highest BCUT2D eigenvalue weighted by atomic mass is 16.5. The summed E-state index contributed by atoms with van der Waals surface area (Å²) in [7, 11) is 3.05. The van der Waals surface area contributed by atoms with Gasteiger partial charge in [-0.1, -0.05) is 48.6 Å². The second-order valence-electron chi connectivity index (χ2n) is 9.22. The van der Waals surface area contributed by atoms with Crippen molar-refractivity contribution in [3.8, 4) is 11.5 Å². The van der Waals surface area contributed by atoms with Crippen molar-refractivity contribution in [1.29, 1.82) is 0 Å². The number of para-hydroxylation sites is 2. The molecule has 3 aromatic rings. The Hall–Kier alpha value is -4.59. The van der Waals surface area contributed by atoms with Gasteiger partial charge in [0.05, 0.1) is 43.5 Å². The topological polar surface area (TPSA) is 88.2 Å². The predicted octanol–water partition coefficient (Wildman–Crippen LogP) is 3.73. The highest BCUT2D eigenvalue weighted by Crippen LogP contribution is 2.49. The summed E-state index contributed by atoms with van der Waals surface area (Å²) in [6.45, 7) is 0. The number of hydrogen-bond acceptors (Lipinski definition) is 6. The molecule has 2 fully saturated rings. The van der Waals surface area contributed by atoms with E-state index in [2.05, 4.69) is 5.32 Å². The van der Waals surface area contributed by atoms with Crippen LogP contribution in [0.25, 0.3) is 6.08 Å². The van der Waals surface area contributed by atoms with Gasteiger partial charge in [-0.2, -0.15) is 0 Å². The van der Waals surface area contributed by atoms with Gasteiger partial charge in [-0.05, 0) is 35.9 Å². The van der Waals surface area contributed by atoms with Crippen LogP contribution in [0.15, 0.2) is 78.9 Å². The number of anilines is 3. The highest BCUT2D eigenvalue weighted by molar-refractivity contribution is 6.25. The molecule has 0 aliphatic carbocycles. The van der Waals surface area contributed by atoms with Crippen LogP contribution in [-0.4, -0.2) is 44.0 Å². The largest absolute Gasteiger partial charge is 0.497 e. The zero-order chi connectivity index (χ0) is 25.7. The molecule has 3 aliphatic rings. The molecule has 3 amide bonds. The molecule has 2 saturated heterocycles. The first kappa shape index (κ1) is 22.8. The number of hydrogen-bond donors (Lipinski definition) is 1. The number of carbonyl (C=O) groups excluding carboxylic acids is 3. The van der Waals surface area contributed by atoms with E-state index in [0.717, 1.165) is 11.3 Å². The van der Waals surface area contributed by atoms with E-state index in [0.29, 0.717) is 22.9 Å². The van der Waals surface area contributed by atoms with Crippen LogP contribution in [0.1, 0.15) is 5.56 Å². The molecule has 0 spiro atoms. The van der Waals surface area contributed by atoms with Crippen molar-refractivity contribution < 1.29 is 23.9 Å². The lowest BCUT2D eigenvalue weighted by Crippen LogP contribution is -2.50. The Balaban J connectivity index is 1.44. The van der Waals surface area contributed by atoms with Crippen molar-refractivity contribution in [2.45, 2.75) is 12.1 Å². The fourth-order valence-corrected chi connectivity index (χ4v) is 5.76. The molecular formula is C29H25N3O5. The number of carbonyl (C=O) groups is 3. The van der Waals surface area contributed by atoms with Gasteiger partial charge in [-0.3, -0.25) is 14.4 Å². The molecular weight excluding hydrogens is 470 g/mol. The third-order valence-corrected chi connectivity index (χ3v) is 7.36. The molecule has 3 aliphatic heterocycles. The predicted molar refractivity (Wildman–Crippen MR) is 140 cm³/mol. The first-order valence-corrected chi connectivity index (χ1v) is 12.0. The molecule has 0 radical (unpaired) electrons. The standard InChI is InChI=1S/C29H25N3O5/c1-36-19-13-15-23(37-2)20(16-19)30-27(33)26-25-24(22-14-12-17-8-6-7-11-21(17)32(22)26)28(34)31(29(25)35)18-9-4-3-5-10-18/h3-16,22,24-26H,1-2H3,(H,30,33). The third-order valence-electron chi connectivity index (χ3n) is 7.36.